The molecule has 0 amide bonds. The molecule has 0 aromatic heterocycles. The highest BCUT2D eigenvalue weighted by Crippen LogP contribution is 2.59. The first kappa shape index (κ1) is 12.7. The Morgan fingerprint density at radius 2 is 1.81 bits per heavy atom. The van der Waals surface area contributed by atoms with Crippen LogP contribution in [-0.4, -0.2) is 0 Å². The lowest BCUT2D eigenvalue weighted by Gasteiger charge is -2.10. The zero-order valence-electron chi connectivity index (χ0n) is 12.7. The van der Waals surface area contributed by atoms with E-state index in [1.807, 2.05) is 0 Å². The molecule has 1 nitrogen and oxygen atoms in total. The van der Waals surface area contributed by atoms with E-state index in [1.165, 1.54) is 46.5 Å². The van der Waals surface area contributed by atoms with Gasteiger partial charge in [-0.25, -0.2) is 0 Å². The number of anilines is 1. The van der Waals surface area contributed by atoms with E-state index in [1.54, 1.807) is 0 Å². The summed E-state index contributed by atoms with van der Waals surface area (Å²) in [7, 11) is 0. The van der Waals surface area contributed by atoms with E-state index in [4.69, 9.17) is 0 Å². The predicted octanol–water partition coefficient (Wildman–Crippen LogP) is 5.45. The first-order valence-electron chi connectivity index (χ1n) is 7.81. The summed E-state index contributed by atoms with van der Waals surface area (Å²) in [6.07, 6.45) is 2.49. The fraction of sp³-hybridized carbons (Fsp3) is 0.300. The van der Waals surface area contributed by atoms with Crippen LogP contribution in [0.1, 0.15) is 43.7 Å². The van der Waals surface area contributed by atoms with E-state index < -0.39 is 0 Å². The second-order valence-corrected chi connectivity index (χ2v) is 6.73. The Labute approximate surface area is 126 Å². The van der Waals surface area contributed by atoms with Gasteiger partial charge in [-0.2, -0.15) is 0 Å². The Morgan fingerprint density at radius 3 is 2.52 bits per heavy atom. The monoisotopic (exact) mass is 275 g/mol. The van der Waals surface area contributed by atoms with E-state index in [0.29, 0.717) is 5.92 Å². The molecule has 0 radical (unpaired) electrons. The van der Waals surface area contributed by atoms with Crippen LogP contribution in [0.15, 0.2) is 54.7 Å². The molecule has 1 aliphatic carbocycles. The molecule has 2 aliphatic rings. The molecule has 1 heterocycles. The standard InChI is InChI=1S/C20H21N/c1-13(2)15-5-4-6-16(11-15)17-7-8-18-19(12-17)21-14(3)20(18)9-10-20/h4-8,11-13,21H,3,9-10H2,1-2H3. The lowest BCUT2D eigenvalue weighted by molar-refractivity contribution is 0.867. The molecule has 4 rings (SSSR count). The van der Waals surface area contributed by atoms with Crippen LogP contribution >= 0.6 is 0 Å². The van der Waals surface area contributed by atoms with Gasteiger partial charge in [0.1, 0.15) is 0 Å². The Morgan fingerprint density at radius 1 is 1.05 bits per heavy atom. The third kappa shape index (κ3) is 1.84. The molecule has 1 aliphatic heterocycles. The molecule has 1 fully saturated rings. The van der Waals surface area contributed by atoms with Crippen molar-refractivity contribution in [3.05, 3.63) is 65.9 Å². The Hall–Kier alpha value is -2.02. The van der Waals surface area contributed by atoms with Crippen LogP contribution in [0.5, 0.6) is 0 Å². The summed E-state index contributed by atoms with van der Waals surface area (Å²) in [6, 6.07) is 15.7. The highest BCUT2D eigenvalue weighted by atomic mass is 15.0. The lowest BCUT2D eigenvalue weighted by Crippen LogP contribution is -2.04. The molecule has 1 N–H and O–H groups in total. The van der Waals surface area contributed by atoms with Crippen LogP contribution < -0.4 is 5.32 Å². The molecule has 106 valence electrons. The number of fused-ring (bicyclic) bond motifs is 2. The Bertz CT molecular complexity index is 735. The van der Waals surface area contributed by atoms with Crippen molar-refractivity contribution >= 4 is 5.69 Å². The van der Waals surface area contributed by atoms with Gasteiger partial charge in [0.15, 0.2) is 0 Å². The van der Waals surface area contributed by atoms with Crippen LogP contribution in [0.4, 0.5) is 5.69 Å². The third-order valence-corrected chi connectivity index (χ3v) is 5.03. The van der Waals surface area contributed by atoms with Gasteiger partial charge < -0.3 is 5.32 Å². The fourth-order valence-electron chi connectivity index (χ4n) is 3.46. The Kier molecular flexibility index (Phi) is 2.56. The van der Waals surface area contributed by atoms with Crippen molar-refractivity contribution in [3.63, 3.8) is 0 Å². The van der Waals surface area contributed by atoms with Gasteiger partial charge >= 0.3 is 0 Å². The maximum atomic E-state index is 4.21. The number of hydrogen-bond acceptors (Lipinski definition) is 1. The van der Waals surface area contributed by atoms with Crippen molar-refractivity contribution in [1.29, 1.82) is 0 Å². The predicted molar refractivity (Wildman–Crippen MR) is 89.6 cm³/mol. The van der Waals surface area contributed by atoms with Crippen molar-refractivity contribution in [1.82, 2.24) is 0 Å². The van der Waals surface area contributed by atoms with Gasteiger partial charge in [0.2, 0.25) is 0 Å². The van der Waals surface area contributed by atoms with Crippen molar-refractivity contribution < 1.29 is 0 Å². The maximum Gasteiger partial charge on any atom is 0.0430 e. The minimum atomic E-state index is 0.258. The minimum Gasteiger partial charge on any atom is -0.358 e. The van der Waals surface area contributed by atoms with Crippen molar-refractivity contribution in [2.45, 2.75) is 38.0 Å². The van der Waals surface area contributed by atoms with Crippen molar-refractivity contribution in [2.24, 2.45) is 0 Å². The SMILES string of the molecule is C=C1Nc2cc(-c3cccc(C(C)C)c3)ccc2C12CC2. The van der Waals surface area contributed by atoms with Crippen LogP contribution in [0.3, 0.4) is 0 Å². The van der Waals surface area contributed by atoms with E-state index in [-0.39, 0.29) is 5.41 Å². The normalized spacial score (nSPS) is 18.0. The summed E-state index contributed by atoms with van der Waals surface area (Å²) >= 11 is 0. The summed E-state index contributed by atoms with van der Waals surface area (Å²) in [5, 5.41) is 3.50. The lowest BCUT2D eigenvalue weighted by atomic mass is 9.93. The van der Waals surface area contributed by atoms with Crippen LogP contribution in [0.2, 0.25) is 0 Å². The quantitative estimate of drug-likeness (QED) is 0.768. The van der Waals surface area contributed by atoms with Crippen molar-refractivity contribution in [3.8, 4) is 11.1 Å². The number of rotatable bonds is 2. The summed E-state index contributed by atoms with van der Waals surface area (Å²) in [6.45, 7) is 8.69. The van der Waals surface area contributed by atoms with Gasteiger partial charge in [-0.1, -0.05) is 56.8 Å². The van der Waals surface area contributed by atoms with Crippen molar-refractivity contribution in [2.75, 3.05) is 5.32 Å². The largest absolute Gasteiger partial charge is 0.358 e. The molecule has 1 spiro atoms. The number of nitrogens with one attached hydrogen (secondary N) is 1. The van der Waals surface area contributed by atoms with E-state index in [9.17, 15) is 0 Å². The minimum absolute atomic E-state index is 0.258. The fourth-order valence-corrected chi connectivity index (χ4v) is 3.46. The number of benzene rings is 2. The molecular weight excluding hydrogens is 254 g/mol. The second-order valence-electron chi connectivity index (χ2n) is 6.73. The smallest absolute Gasteiger partial charge is 0.0430 e. The second kappa shape index (κ2) is 4.24. The highest BCUT2D eigenvalue weighted by molar-refractivity contribution is 5.77. The van der Waals surface area contributed by atoms with E-state index >= 15 is 0 Å². The van der Waals surface area contributed by atoms with Gasteiger partial charge in [-0.15, -0.1) is 0 Å². The average molecular weight is 275 g/mol. The molecule has 21 heavy (non-hydrogen) atoms. The van der Waals surface area contributed by atoms with Gasteiger partial charge in [-0.05, 0) is 47.1 Å². The Balaban J connectivity index is 1.77. The first-order chi connectivity index (χ1) is 10.1. The number of hydrogen-bond donors (Lipinski definition) is 1. The summed E-state index contributed by atoms with van der Waals surface area (Å²) < 4.78 is 0. The molecular formula is C20H21N. The molecule has 0 saturated heterocycles. The molecule has 1 heteroatoms. The summed E-state index contributed by atoms with van der Waals surface area (Å²) in [5.74, 6) is 0.562. The summed E-state index contributed by atoms with van der Waals surface area (Å²) in [5.41, 5.74) is 8.12. The van der Waals surface area contributed by atoms with Crippen LogP contribution in [0.25, 0.3) is 11.1 Å². The molecule has 0 bridgehead atoms. The third-order valence-electron chi connectivity index (χ3n) is 5.03. The zero-order chi connectivity index (χ0) is 14.6. The maximum absolute atomic E-state index is 4.21. The molecule has 1 saturated carbocycles. The van der Waals surface area contributed by atoms with Gasteiger partial charge in [-0.3, -0.25) is 0 Å². The molecule has 2 aromatic carbocycles. The summed E-state index contributed by atoms with van der Waals surface area (Å²) in [4.78, 5) is 0. The van der Waals surface area contributed by atoms with Gasteiger partial charge in [0.25, 0.3) is 0 Å². The molecule has 0 atom stereocenters. The van der Waals surface area contributed by atoms with Gasteiger partial charge in [0.05, 0.1) is 0 Å². The first-order valence-corrected chi connectivity index (χ1v) is 7.81. The van der Waals surface area contributed by atoms with Crippen LogP contribution in [0, 0.1) is 0 Å². The highest BCUT2D eigenvalue weighted by Gasteiger charge is 2.51. The topological polar surface area (TPSA) is 12.0 Å². The zero-order valence-corrected chi connectivity index (χ0v) is 12.7. The van der Waals surface area contributed by atoms with E-state index in [0.717, 1.165) is 0 Å². The molecule has 2 aromatic rings. The molecule has 0 unspecified atom stereocenters. The van der Waals surface area contributed by atoms with Gasteiger partial charge in [0, 0.05) is 16.8 Å². The number of allylic oxidation sites excluding steroid dienone is 1. The van der Waals surface area contributed by atoms with E-state index in [2.05, 4.69) is 68.2 Å². The van der Waals surface area contributed by atoms with Crippen LogP contribution in [-0.2, 0) is 5.41 Å². The average Bonchev–Trinajstić information content (AvgIpc) is 3.23.